The molecule has 3 heteroatoms. The third-order valence-corrected chi connectivity index (χ3v) is 3.14. The number of carbonyl (C=O) groups is 1. The van der Waals surface area contributed by atoms with Crippen molar-refractivity contribution in [1.82, 2.24) is 5.32 Å². The van der Waals surface area contributed by atoms with E-state index in [4.69, 9.17) is 5.11 Å². The summed E-state index contributed by atoms with van der Waals surface area (Å²) in [6, 6.07) is 5.93. The Morgan fingerprint density at radius 1 is 1.50 bits per heavy atom. The van der Waals surface area contributed by atoms with Gasteiger partial charge in [0.2, 0.25) is 0 Å². The monoisotopic (exact) mass is 219 g/mol. The minimum absolute atomic E-state index is 0.399. The number of aromatic carboxylic acids is 1. The van der Waals surface area contributed by atoms with Crippen LogP contribution >= 0.6 is 0 Å². The highest BCUT2D eigenvalue weighted by Gasteiger charge is 2.18. The molecule has 1 aromatic carbocycles. The molecular formula is C13H17NO2. The van der Waals surface area contributed by atoms with E-state index in [1.807, 2.05) is 12.1 Å². The molecule has 0 radical (unpaired) electrons. The highest BCUT2D eigenvalue weighted by molar-refractivity contribution is 5.87. The number of carboxylic acid groups (broad SMARTS) is 1. The van der Waals surface area contributed by atoms with E-state index < -0.39 is 5.97 Å². The summed E-state index contributed by atoms with van der Waals surface area (Å²) in [6.07, 6.45) is 3.26. The lowest BCUT2D eigenvalue weighted by Crippen LogP contribution is -2.35. The molecule has 86 valence electrons. The van der Waals surface area contributed by atoms with Crippen LogP contribution in [0, 0.1) is 0 Å². The van der Waals surface area contributed by atoms with Crippen molar-refractivity contribution in [1.29, 1.82) is 0 Å². The zero-order valence-electron chi connectivity index (χ0n) is 9.49. The van der Waals surface area contributed by atoms with Crippen LogP contribution in [-0.4, -0.2) is 17.1 Å². The first-order valence-corrected chi connectivity index (χ1v) is 5.79. The first-order chi connectivity index (χ1) is 7.70. The molecule has 0 saturated heterocycles. The van der Waals surface area contributed by atoms with Crippen LogP contribution in [0.4, 0.5) is 0 Å². The Morgan fingerprint density at radius 3 is 3.00 bits per heavy atom. The fourth-order valence-electron chi connectivity index (χ4n) is 2.27. The van der Waals surface area contributed by atoms with Crippen molar-refractivity contribution in [2.75, 3.05) is 0 Å². The van der Waals surface area contributed by atoms with E-state index in [-0.39, 0.29) is 0 Å². The maximum atomic E-state index is 10.9. The lowest BCUT2D eigenvalue weighted by Gasteiger charge is -2.26. The van der Waals surface area contributed by atoms with Crippen LogP contribution in [0.15, 0.2) is 18.2 Å². The van der Waals surface area contributed by atoms with Gasteiger partial charge in [-0.1, -0.05) is 19.4 Å². The predicted molar refractivity (Wildman–Crippen MR) is 62.6 cm³/mol. The Hall–Kier alpha value is -1.35. The maximum absolute atomic E-state index is 10.9. The van der Waals surface area contributed by atoms with Crippen LogP contribution in [0.2, 0.25) is 0 Å². The molecule has 2 rings (SSSR count). The molecule has 0 aromatic heterocycles. The number of carboxylic acids is 1. The van der Waals surface area contributed by atoms with Gasteiger partial charge in [-0.05, 0) is 36.1 Å². The topological polar surface area (TPSA) is 49.3 Å². The SMILES string of the molecule is CCCC1Cc2cc(C(=O)O)ccc2CN1. The molecule has 3 nitrogen and oxygen atoms in total. The molecular weight excluding hydrogens is 202 g/mol. The van der Waals surface area contributed by atoms with Crippen molar-refractivity contribution in [2.24, 2.45) is 0 Å². The standard InChI is InChI=1S/C13H17NO2/c1-2-3-12-7-11-6-9(13(15)16)4-5-10(11)8-14-12/h4-6,12,14H,2-3,7-8H2,1H3,(H,15,16). The van der Waals surface area contributed by atoms with Crippen molar-refractivity contribution < 1.29 is 9.90 Å². The van der Waals surface area contributed by atoms with Gasteiger partial charge in [0.05, 0.1) is 5.56 Å². The molecule has 1 atom stereocenters. The number of hydrogen-bond acceptors (Lipinski definition) is 2. The van der Waals surface area contributed by atoms with Gasteiger partial charge in [-0.2, -0.15) is 0 Å². The zero-order valence-corrected chi connectivity index (χ0v) is 9.49. The summed E-state index contributed by atoms with van der Waals surface area (Å²) in [5, 5.41) is 12.4. The largest absolute Gasteiger partial charge is 0.478 e. The summed E-state index contributed by atoms with van der Waals surface area (Å²) < 4.78 is 0. The second-order valence-electron chi connectivity index (χ2n) is 4.36. The Bertz CT molecular complexity index is 401. The summed E-state index contributed by atoms with van der Waals surface area (Å²) in [7, 11) is 0. The Balaban J connectivity index is 2.21. The molecule has 0 aliphatic carbocycles. The molecule has 1 aromatic rings. The molecule has 2 N–H and O–H groups in total. The van der Waals surface area contributed by atoms with Gasteiger partial charge >= 0.3 is 5.97 Å². The van der Waals surface area contributed by atoms with Gasteiger partial charge in [-0.15, -0.1) is 0 Å². The van der Waals surface area contributed by atoms with Gasteiger partial charge in [0.1, 0.15) is 0 Å². The third kappa shape index (κ3) is 2.25. The van der Waals surface area contributed by atoms with Gasteiger partial charge in [-0.3, -0.25) is 0 Å². The van der Waals surface area contributed by atoms with E-state index in [0.29, 0.717) is 11.6 Å². The number of benzene rings is 1. The first-order valence-electron chi connectivity index (χ1n) is 5.79. The summed E-state index contributed by atoms with van der Waals surface area (Å²) in [6.45, 7) is 3.03. The maximum Gasteiger partial charge on any atom is 0.335 e. The quantitative estimate of drug-likeness (QED) is 0.819. The Kier molecular flexibility index (Phi) is 3.25. The molecule has 0 bridgehead atoms. The van der Waals surface area contributed by atoms with Crippen molar-refractivity contribution in [2.45, 2.75) is 38.8 Å². The highest BCUT2D eigenvalue weighted by atomic mass is 16.4. The van der Waals surface area contributed by atoms with Crippen LogP contribution in [0.3, 0.4) is 0 Å². The van der Waals surface area contributed by atoms with E-state index in [2.05, 4.69) is 12.2 Å². The average Bonchev–Trinajstić information content (AvgIpc) is 2.28. The van der Waals surface area contributed by atoms with Gasteiger partial charge in [0.25, 0.3) is 0 Å². The zero-order chi connectivity index (χ0) is 11.5. The summed E-state index contributed by atoms with van der Waals surface area (Å²) in [4.78, 5) is 10.9. The average molecular weight is 219 g/mol. The van der Waals surface area contributed by atoms with Crippen molar-refractivity contribution in [3.63, 3.8) is 0 Å². The summed E-state index contributed by atoms with van der Waals surface area (Å²) >= 11 is 0. The Labute approximate surface area is 95.5 Å². The van der Waals surface area contributed by atoms with Crippen molar-refractivity contribution >= 4 is 5.97 Å². The first kappa shape index (κ1) is 11.1. The van der Waals surface area contributed by atoms with Gasteiger partial charge < -0.3 is 10.4 Å². The van der Waals surface area contributed by atoms with Crippen LogP contribution in [0.5, 0.6) is 0 Å². The van der Waals surface area contributed by atoms with E-state index in [9.17, 15) is 4.79 Å². The van der Waals surface area contributed by atoms with Crippen LogP contribution in [0.1, 0.15) is 41.3 Å². The van der Waals surface area contributed by atoms with Crippen LogP contribution in [0.25, 0.3) is 0 Å². The second-order valence-corrected chi connectivity index (χ2v) is 4.36. The lowest BCUT2D eigenvalue weighted by atomic mass is 9.92. The number of hydrogen-bond donors (Lipinski definition) is 2. The second kappa shape index (κ2) is 4.66. The van der Waals surface area contributed by atoms with Crippen LogP contribution in [-0.2, 0) is 13.0 Å². The van der Waals surface area contributed by atoms with Crippen molar-refractivity contribution in [3.8, 4) is 0 Å². The van der Waals surface area contributed by atoms with E-state index >= 15 is 0 Å². The van der Waals surface area contributed by atoms with Gasteiger partial charge in [0, 0.05) is 12.6 Å². The predicted octanol–water partition coefficient (Wildman–Crippen LogP) is 2.20. The molecule has 0 fully saturated rings. The number of rotatable bonds is 3. The van der Waals surface area contributed by atoms with E-state index in [1.165, 1.54) is 11.1 Å². The van der Waals surface area contributed by atoms with Crippen LogP contribution < -0.4 is 5.32 Å². The van der Waals surface area contributed by atoms with Crippen molar-refractivity contribution in [3.05, 3.63) is 34.9 Å². The summed E-state index contributed by atoms with van der Waals surface area (Å²) in [5.41, 5.74) is 2.82. The van der Waals surface area contributed by atoms with Gasteiger partial charge in [-0.25, -0.2) is 4.79 Å². The highest BCUT2D eigenvalue weighted by Crippen LogP contribution is 2.20. The molecule has 1 aliphatic heterocycles. The minimum atomic E-state index is -0.839. The van der Waals surface area contributed by atoms with Gasteiger partial charge in [0.15, 0.2) is 0 Å². The minimum Gasteiger partial charge on any atom is -0.478 e. The van der Waals surface area contributed by atoms with E-state index in [1.54, 1.807) is 6.07 Å². The normalized spacial score (nSPS) is 19.2. The smallest absolute Gasteiger partial charge is 0.335 e. The molecule has 16 heavy (non-hydrogen) atoms. The number of fused-ring (bicyclic) bond motifs is 1. The fraction of sp³-hybridized carbons (Fsp3) is 0.462. The van der Waals surface area contributed by atoms with E-state index in [0.717, 1.165) is 25.8 Å². The number of nitrogens with one attached hydrogen (secondary N) is 1. The molecule has 1 unspecified atom stereocenters. The molecule has 1 aliphatic rings. The third-order valence-electron chi connectivity index (χ3n) is 3.14. The molecule has 0 saturated carbocycles. The fourth-order valence-corrected chi connectivity index (χ4v) is 2.27. The summed E-state index contributed by atoms with van der Waals surface area (Å²) in [5.74, 6) is -0.839. The Morgan fingerprint density at radius 2 is 2.31 bits per heavy atom. The molecule has 0 amide bonds. The molecule has 0 spiro atoms. The lowest BCUT2D eigenvalue weighted by molar-refractivity contribution is 0.0696. The molecule has 1 heterocycles.